The maximum Gasteiger partial charge on any atom is 0.308 e. The zero-order valence-electron chi connectivity index (χ0n) is 22.6. The van der Waals surface area contributed by atoms with E-state index in [4.69, 9.17) is 4.74 Å². The van der Waals surface area contributed by atoms with Gasteiger partial charge in [0.15, 0.2) is 0 Å². The van der Waals surface area contributed by atoms with Gasteiger partial charge in [-0.3, -0.25) is 9.59 Å². The van der Waals surface area contributed by atoms with Gasteiger partial charge >= 0.3 is 5.97 Å². The Morgan fingerprint density at radius 3 is 2.27 bits per heavy atom. The summed E-state index contributed by atoms with van der Waals surface area (Å²) in [4.78, 5) is 26.1. The van der Waals surface area contributed by atoms with Crippen LogP contribution in [-0.2, 0) is 16.1 Å². The van der Waals surface area contributed by atoms with Crippen molar-refractivity contribution in [2.45, 2.75) is 57.8 Å². The SMILES string of the molecule is CC(C)c1c(C(=O)Nc2ccccc2)c(-c2ccccc2)c(-c2ccc(F)cc2)n1CCC1CC(O)CC(=O)O1. The molecule has 4 aromatic rings. The predicted octanol–water partition coefficient (Wildman–Crippen LogP) is 6.79. The first-order valence-corrected chi connectivity index (χ1v) is 13.6. The summed E-state index contributed by atoms with van der Waals surface area (Å²) in [7, 11) is 0. The monoisotopic (exact) mass is 540 g/mol. The number of aliphatic hydroxyl groups is 1. The number of hydrogen-bond acceptors (Lipinski definition) is 4. The Kier molecular flexibility index (Phi) is 8.12. The first-order valence-electron chi connectivity index (χ1n) is 13.6. The second-order valence-corrected chi connectivity index (χ2v) is 10.5. The standard InChI is InChI=1S/C33H33FN2O4/c1-21(2)31-30(33(39)35-25-11-7-4-8-12-25)29(22-9-5-3-6-10-22)32(23-13-15-24(34)16-14-23)36(31)18-17-27-19-26(37)20-28(38)40-27/h3-16,21,26-27,37H,17-20H2,1-2H3,(H,35,39). The summed E-state index contributed by atoms with van der Waals surface area (Å²) in [5, 5.41) is 13.2. The molecule has 7 heteroatoms. The average molecular weight is 541 g/mol. The van der Waals surface area contributed by atoms with Crippen molar-refractivity contribution >= 4 is 17.6 Å². The number of aromatic nitrogens is 1. The normalized spacial score (nSPS) is 17.1. The summed E-state index contributed by atoms with van der Waals surface area (Å²) < 4.78 is 21.7. The van der Waals surface area contributed by atoms with Crippen LogP contribution in [0.5, 0.6) is 0 Å². The summed E-state index contributed by atoms with van der Waals surface area (Å²) in [5.74, 6) is -1.05. The number of amides is 1. The molecule has 0 spiro atoms. The number of carbonyl (C=O) groups excluding carboxylic acids is 2. The number of anilines is 1. The van der Waals surface area contributed by atoms with Gasteiger partial charge < -0.3 is 19.7 Å². The topological polar surface area (TPSA) is 80.6 Å². The number of nitrogens with zero attached hydrogens (tertiary/aromatic N) is 1. The Balaban J connectivity index is 1.71. The number of carbonyl (C=O) groups is 2. The molecule has 0 saturated carbocycles. The Morgan fingerprint density at radius 2 is 1.65 bits per heavy atom. The molecule has 2 unspecified atom stereocenters. The lowest BCUT2D eigenvalue weighted by atomic mass is 9.94. The molecule has 2 atom stereocenters. The predicted molar refractivity (Wildman–Crippen MR) is 153 cm³/mol. The smallest absolute Gasteiger partial charge is 0.308 e. The lowest BCUT2D eigenvalue weighted by Crippen LogP contribution is -2.33. The highest BCUT2D eigenvalue weighted by Gasteiger charge is 2.32. The molecule has 1 amide bonds. The minimum atomic E-state index is -0.732. The minimum absolute atomic E-state index is 0.0000536. The molecule has 1 saturated heterocycles. The summed E-state index contributed by atoms with van der Waals surface area (Å²) >= 11 is 0. The fourth-order valence-corrected chi connectivity index (χ4v) is 5.52. The number of aliphatic hydroxyl groups excluding tert-OH is 1. The largest absolute Gasteiger partial charge is 0.462 e. The van der Waals surface area contributed by atoms with Gasteiger partial charge in [0.25, 0.3) is 5.91 Å². The molecule has 2 heterocycles. The average Bonchev–Trinajstić information content (AvgIpc) is 3.28. The van der Waals surface area contributed by atoms with E-state index in [1.54, 1.807) is 12.1 Å². The van der Waals surface area contributed by atoms with Crippen LogP contribution in [0.2, 0.25) is 0 Å². The molecule has 0 bridgehead atoms. The maximum absolute atomic E-state index is 14.1. The van der Waals surface area contributed by atoms with E-state index in [0.717, 1.165) is 28.1 Å². The molecule has 40 heavy (non-hydrogen) atoms. The molecular formula is C33H33FN2O4. The number of halogens is 1. The maximum atomic E-state index is 14.1. The molecule has 206 valence electrons. The van der Waals surface area contributed by atoms with Crippen molar-refractivity contribution in [2.24, 2.45) is 0 Å². The van der Waals surface area contributed by atoms with Crippen LogP contribution >= 0.6 is 0 Å². The zero-order chi connectivity index (χ0) is 28.2. The molecule has 5 rings (SSSR count). The summed E-state index contributed by atoms with van der Waals surface area (Å²) in [6.45, 7) is 4.51. The Bertz CT molecular complexity index is 1480. The number of cyclic esters (lactones) is 1. The molecule has 0 radical (unpaired) electrons. The summed E-state index contributed by atoms with van der Waals surface area (Å²) in [6, 6.07) is 25.3. The van der Waals surface area contributed by atoms with Gasteiger partial charge in [0.2, 0.25) is 0 Å². The molecule has 1 aliphatic heterocycles. The fourth-order valence-electron chi connectivity index (χ4n) is 5.52. The number of rotatable bonds is 8. The van der Waals surface area contributed by atoms with Crippen molar-refractivity contribution in [1.82, 2.24) is 4.57 Å². The number of esters is 1. The minimum Gasteiger partial charge on any atom is -0.462 e. The Labute approximate surface area is 233 Å². The second-order valence-electron chi connectivity index (χ2n) is 10.5. The van der Waals surface area contributed by atoms with Gasteiger partial charge in [0, 0.05) is 36.3 Å². The van der Waals surface area contributed by atoms with Crippen LogP contribution in [0.25, 0.3) is 22.4 Å². The Hall–Kier alpha value is -4.23. The number of para-hydroxylation sites is 1. The fraction of sp³-hybridized carbons (Fsp3) is 0.273. The first kappa shape index (κ1) is 27.3. The van der Waals surface area contributed by atoms with E-state index in [1.165, 1.54) is 12.1 Å². The van der Waals surface area contributed by atoms with E-state index >= 15 is 0 Å². The molecule has 1 fully saturated rings. The molecule has 2 N–H and O–H groups in total. The van der Waals surface area contributed by atoms with Crippen molar-refractivity contribution in [3.8, 4) is 22.4 Å². The van der Waals surface area contributed by atoms with Gasteiger partial charge in [-0.1, -0.05) is 62.4 Å². The quantitative estimate of drug-likeness (QED) is 0.241. The number of nitrogens with one attached hydrogen (secondary N) is 1. The van der Waals surface area contributed by atoms with Gasteiger partial charge in [-0.15, -0.1) is 0 Å². The van der Waals surface area contributed by atoms with E-state index in [-0.39, 0.29) is 24.1 Å². The molecule has 3 aromatic carbocycles. The van der Waals surface area contributed by atoms with Gasteiger partial charge in [0.1, 0.15) is 11.9 Å². The van der Waals surface area contributed by atoms with Crippen LogP contribution in [0.3, 0.4) is 0 Å². The van der Waals surface area contributed by atoms with Crippen molar-refractivity contribution in [3.63, 3.8) is 0 Å². The van der Waals surface area contributed by atoms with Crippen molar-refractivity contribution in [2.75, 3.05) is 5.32 Å². The van der Waals surface area contributed by atoms with Crippen molar-refractivity contribution < 1.29 is 23.8 Å². The van der Waals surface area contributed by atoms with Crippen LogP contribution in [0.4, 0.5) is 10.1 Å². The highest BCUT2D eigenvalue weighted by molar-refractivity contribution is 6.12. The number of benzene rings is 3. The van der Waals surface area contributed by atoms with E-state index in [0.29, 0.717) is 30.6 Å². The van der Waals surface area contributed by atoms with E-state index in [1.807, 2.05) is 74.5 Å². The molecule has 1 aromatic heterocycles. The third-order valence-corrected chi connectivity index (χ3v) is 7.20. The van der Waals surface area contributed by atoms with Gasteiger partial charge in [-0.2, -0.15) is 0 Å². The van der Waals surface area contributed by atoms with E-state index < -0.39 is 18.2 Å². The van der Waals surface area contributed by atoms with Crippen molar-refractivity contribution in [3.05, 3.63) is 102 Å². The van der Waals surface area contributed by atoms with Gasteiger partial charge in [-0.25, -0.2) is 4.39 Å². The van der Waals surface area contributed by atoms with E-state index in [2.05, 4.69) is 9.88 Å². The lowest BCUT2D eigenvalue weighted by molar-refractivity contribution is -0.160. The van der Waals surface area contributed by atoms with Crippen LogP contribution in [0, 0.1) is 5.82 Å². The number of ether oxygens (including phenoxy) is 1. The zero-order valence-corrected chi connectivity index (χ0v) is 22.6. The lowest BCUT2D eigenvalue weighted by Gasteiger charge is -2.27. The molecule has 6 nitrogen and oxygen atoms in total. The molecular weight excluding hydrogens is 507 g/mol. The summed E-state index contributed by atoms with van der Waals surface area (Å²) in [5.41, 5.74) is 5.22. The van der Waals surface area contributed by atoms with Crippen LogP contribution in [0.15, 0.2) is 84.9 Å². The highest BCUT2D eigenvalue weighted by Crippen LogP contribution is 2.42. The van der Waals surface area contributed by atoms with E-state index in [9.17, 15) is 19.1 Å². The van der Waals surface area contributed by atoms with Crippen LogP contribution in [-0.4, -0.2) is 33.8 Å². The first-order chi connectivity index (χ1) is 19.3. The third kappa shape index (κ3) is 5.84. The van der Waals surface area contributed by atoms with Crippen LogP contribution < -0.4 is 5.32 Å². The Morgan fingerprint density at radius 1 is 1.00 bits per heavy atom. The van der Waals surface area contributed by atoms with Gasteiger partial charge in [0.05, 0.1) is 23.8 Å². The summed E-state index contributed by atoms with van der Waals surface area (Å²) in [6.07, 6.45) is -0.354. The molecule has 1 aliphatic rings. The highest BCUT2D eigenvalue weighted by atomic mass is 19.1. The van der Waals surface area contributed by atoms with Crippen molar-refractivity contribution in [1.29, 1.82) is 0 Å². The van der Waals surface area contributed by atoms with Gasteiger partial charge in [-0.05, 0) is 53.4 Å². The second kappa shape index (κ2) is 11.9. The molecule has 0 aliphatic carbocycles. The number of hydrogen-bond donors (Lipinski definition) is 2. The van der Waals surface area contributed by atoms with Crippen LogP contribution in [0.1, 0.15) is 55.1 Å². The third-order valence-electron chi connectivity index (χ3n) is 7.20.